The summed E-state index contributed by atoms with van der Waals surface area (Å²) in [5.41, 5.74) is -0.745. The number of carbonyl (C=O) groups excluding carboxylic acids is 3. The quantitative estimate of drug-likeness (QED) is 0.715. The van der Waals surface area contributed by atoms with Gasteiger partial charge in [-0.3, -0.25) is 19.7 Å². The minimum absolute atomic E-state index is 0.255. The molecule has 0 aromatic rings. The van der Waals surface area contributed by atoms with Crippen LogP contribution in [0.2, 0.25) is 0 Å². The Morgan fingerprint density at radius 1 is 1.38 bits per heavy atom. The number of nitrogens with zero attached hydrogens (tertiary/aromatic N) is 2. The molecule has 1 unspecified atom stereocenters. The lowest BCUT2D eigenvalue weighted by Crippen LogP contribution is -2.64. The number of hydrogen-bond acceptors (Lipinski definition) is 4. The van der Waals surface area contributed by atoms with Gasteiger partial charge >= 0.3 is 12.0 Å². The summed E-state index contributed by atoms with van der Waals surface area (Å²) in [5.74, 6) is -2.26. The first-order valence-electron chi connectivity index (χ1n) is 6.71. The monoisotopic (exact) mass is 299 g/mol. The Hall–Kier alpha value is -2.12. The molecule has 0 radical (unpaired) electrons. The first kappa shape index (κ1) is 16.9. The SMILES string of the molecule is CCC1C(=O)NC(=O)CN1C(=O)N(CC(=O)O)C(C)(C)C. The van der Waals surface area contributed by atoms with Gasteiger partial charge in [0, 0.05) is 5.54 Å². The molecule has 0 aromatic heterocycles. The van der Waals surface area contributed by atoms with Gasteiger partial charge in [-0.15, -0.1) is 0 Å². The molecule has 0 aromatic carbocycles. The topological polar surface area (TPSA) is 107 Å². The molecule has 118 valence electrons. The van der Waals surface area contributed by atoms with E-state index in [-0.39, 0.29) is 6.54 Å². The molecule has 0 saturated carbocycles. The molecular weight excluding hydrogens is 278 g/mol. The molecule has 1 atom stereocenters. The van der Waals surface area contributed by atoms with E-state index in [4.69, 9.17) is 5.11 Å². The summed E-state index contributed by atoms with van der Waals surface area (Å²) < 4.78 is 0. The smallest absolute Gasteiger partial charge is 0.323 e. The van der Waals surface area contributed by atoms with E-state index >= 15 is 0 Å². The Bertz CT molecular complexity index is 469. The molecule has 0 aliphatic carbocycles. The van der Waals surface area contributed by atoms with Gasteiger partial charge in [0.1, 0.15) is 19.1 Å². The van der Waals surface area contributed by atoms with Crippen molar-refractivity contribution < 1.29 is 24.3 Å². The van der Waals surface area contributed by atoms with Gasteiger partial charge in [-0.05, 0) is 27.2 Å². The van der Waals surface area contributed by atoms with Crippen LogP contribution >= 0.6 is 0 Å². The second kappa shape index (κ2) is 6.11. The number of carbonyl (C=O) groups is 4. The second-order valence-corrected chi connectivity index (χ2v) is 5.90. The van der Waals surface area contributed by atoms with E-state index in [0.29, 0.717) is 6.42 Å². The third-order valence-corrected chi connectivity index (χ3v) is 3.22. The maximum atomic E-state index is 12.6. The number of nitrogens with one attached hydrogen (secondary N) is 1. The van der Waals surface area contributed by atoms with Crippen LogP contribution in [0.25, 0.3) is 0 Å². The lowest BCUT2D eigenvalue weighted by molar-refractivity contribution is -0.139. The molecule has 1 saturated heterocycles. The normalized spacial score (nSPS) is 19.2. The number of piperazine rings is 1. The zero-order valence-electron chi connectivity index (χ0n) is 12.7. The van der Waals surface area contributed by atoms with Crippen molar-refractivity contribution in [2.45, 2.75) is 45.7 Å². The number of urea groups is 1. The number of carboxylic acid groups (broad SMARTS) is 1. The van der Waals surface area contributed by atoms with Crippen LogP contribution in [0.5, 0.6) is 0 Å². The van der Waals surface area contributed by atoms with E-state index in [1.54, 1.807) is 27.7 Å². The molecule has 8 heteroatoms. The lowest BCUT2D eigenvalue weighted by atomic mass is 10.1. The molecule has 1 fully saturated rings. The summed E-state index contributed by atoms with van der Waals surface area (Å²) in [5, 5.41) is 11.1. The first-order valence-corrected chi connectivity index (χ1v) is 6.71. The molecule has 21 heavy (non-hydrogen) atoms. The van der Waals surface area contributed by atoms with Crippen molar-refractivity contribution in [3.05, 3.63) is 0 Å². The van der Waals surface area contributed by atoms with Gasteiger partial charge < -0.3 is 14.9 Å². The largest absolute Gasteiger partial charge is 0.480 e. The number of imide groups is 1. The van der Waals surface area contributed by atoms with Gasteiger partial charge in [0.2, 0.25) is 11.8 Å². The standard InChI is InChI=1S/C13H21N3O5/c1-5-8-11(20)14-9(17)6-15(8)12(21)16(7-10(18)19)13(2,3)4/h8H,5-7H2,1-4H3,(H,18,19)(H,14,17,20). The summed E-state index contributed by atoms with van der Waals surface area (Å²) in [6.45, 7) is 6.06. The van der Waals surface area contributed by atoms with Crippen LogP contribution in [-0.2, 0) is 14.4 Å². The molecule has 1 rings (SSSR count). The molecular formula is C13H21N3O5. The fraction of sp³-hybridized carbons (Fsp3) is 0.692. The predicted molar refractivity (Wildman–Crippen MR) is 73.4 cm³/mol. The summed E-state index contributed by atoms with van der Waals surface area (Å²) in [4.78, 5) is 49.1. The second-order valence-electron chi connectivity index (χ2n) is 5.90. The molecule has 8 nitrogen and oxygen atoms in total. The van der Waals surface area contributed by atoms with Crippen LogP contribution in [0.1, 0.15) is 34.1 Å². The van der Waals surface area contributed by atoms with E-state index in [9.17, 15) is 19.2 Å². The van der Waals surface area contributed by atoms with Crippen LogP contribution in [0.15, 0.2) is 0 Å². The fourth-order valence-electron chi connectivity index (χ4n) is 2.16. The van der Waals surface area contributed by atoms with Crippen molar-refractivity contribution in [2.24, 2.45) is 0 Å². The van der Waals surface area contributed by atoms with Gasteiger partial charge in [-0.2, -0.15) is 0 Å². The van der Waals surface area contributed by atoms with E-state index in [1.165, 1.54) is 0 Å². The zero-order chi connectivity index (χ0) is 16.4. The summed E-state index contributed by atoms with van der Waals surface area (Å²) in [6, 6.07) is -1.39. The maximum Gasteiger partial charge on any atom is 0.323 e. The van der Waals surface area contributed by atoms with Crippen LogP contribution in [-0.4, -0.2) is 63.4 Å². The molecule has 2 N–H and O–H groups in total. The Labute approximate surface area is 123 Å². The average Bonchev–Trinajstić information content (AvgIpc) is 2.32. The third kappa shape index (κ3) is 3.93. The van der Waals surface area contributed by atoms with Gasteiger partial charge in [-0.25, -0.2) is 4.79 Å². The van der Waals surface area contributed by atoms with Crippen LogP contribution in [0.3, 0.4) is 0 Å². The highest BCUT2D eigenvalue weighted by Gasteiger charge is 2.40. The molecule has 4 amide bonds. The summed E-state index contributed by atoms with van der Waals surface area (Å²) >= 11 is 0. The molecule has 0 spiro atoms. The predicted octanol–water partition coefficient (Wildman–Crippen LogP) is 0.0285. The minimum Gasteiger partial charge on any atom is -0.480 e. The Kier molecular flexibility index (Phi) is 4.93. The number of carboxylic acids is 1. The molecule has 0 bridgehead atoms. The van der Waals surface area contributed by atoms with Gasteiger partial charge in [-0.1, -0.05) is 6.92 Å². The van der Waals surface area contributed by atoms with Crippen molar-refractivity contribution in [2.75, 3.05) is 13.1 Å². The Morgan fingerprint density at radius 2 is 1.95 bits per heavy atom. The Balaban J connectivity index is 3.08. The van der Waals surface area contributed by atoms with Crippen LogP contribution in [0, 0.1) is 0 Å². The molecule has 1 aliphatic rings. The molecule has 1 heterocycles. The zero-order valence-corrected chi connectivity index (χ0v) is 12.7. The van der Waals surface area contributed by atoms with Crippen molar-refractivity contribution in [3.8, 4) is 0 Å². The van der Waals surface area contributed by atoms with Crippen molar-refractivity contribution in [1.29, 1.82) is 0 Å². The van der Waals surface area contributed by atoms with Crippen molar-refractivity contribution in [3.63, 3.8) is 0 Å². The van der Waals surface area contributed by atoms with Gasteiger partial charge in [0.15, 0.2) is 0 Å². The maximum absolute atomic E-state index is 12.6. The van der Waals surface area contributed by atoms with E-state index in [2.05, 4.69) is 5.32 Å². The van der Waals surface area contributed by atoms with Crippen LogP contribution < -0.4 is 5.32 Å². The Morgan fingerprint density at radius 3 is 2.38 bits per heavy atom. The molecule has 1 aliphatic heterocycles. The van der Waals surface area contributed by atoms with E-state index < -0.39 is 41.9 Å². The highest BCUT2D eigenvalue weighted by atomic mass is 16.4. The average molecular weight is 299 g/mol. The number of amides is 4. The number of aliphatic carboxylic acids is 1. The lowest BCUT2D eigenvalue weighted by Gasteiger charge is -2.41. The fourth-order valence-corrected chi connectivity index (χ4v) is 2.16. The summed E-state index contributed by atoms with van der Waals surface area (Å²) in [6.07, 6.45) is 0.343. The van der Waals surface area contributed by atoms with Gasteiger partial charge in [0.25, 0.3) is 0 Å². The highest BCUT2D eigenvalue weighted by Crippen LogP contribution is 2.19. The minimum atomic E-state index is -1.15. The highest BCUT2D eigenvalue weighted by molar-refractivity contribution is 6.04. The third-order valence-electron chi connectivity index (χ3n) is 3.22. The van der Waals surface area contributed by atoms with Crippen molar-refractivity contribution in [1.82, 2.24) is 15.1 Å². The van der Waals surface area contributed by atoms with Crippen molar-refractivity contribution >= 4 is 23.8 Å². The van der Waals surface area contributed by atoms with E-state index in [1.807, 2.05) is 0 Å². The van der Waals surface area contributed by atoms with E-state index in [0.717, 1.165) is 9.80 Å². The first-order chi connectivity index (χ1) is 9.57. The summed E-state index contributed by atoms with van der Waals surface area (Å²) in [7, 11) is 0. The van der Waals surface area contributed by atoms with Gasteiger partial charge in [0.05, 0.1) is 0 Å². The number of rotatable bonds is 3. The number of hydrogen-bond donors (Lipinski definition) is 2. The van der Waals surface area contributed by atoms with Crippen LogP contribution in [0.4, 0.5) is 4.79 Å².